The Balaban J connectivity index is 1.37. The van der Waals surface area contributed by atoms with Crippen LogP contribution < -0.4 is 9.47 Å². The van der Waals surface area contributed by atoms with Gasteiger partial charge in [0, 0.05) is 25.9 Å². The Morgan fingerprint density at radius 3 is 2.46 bits per heavy atom. The van der Waals surface area contributed by atoms with Crippen LogP contribution in [0.1, 0.15) is 56.7 Å². The van der Waals surface area contributed by atoms with Gasteiger partial charge in [0.1, 0.15) is 12.4 Å². The molecule has 190 valence electrons. The Morgan fingerprint density at radius 1 is 1.09 bits per heavy atom. The zero-order valence-electron chi connectivity index (χ0n) is 20.4. The summed E-state index contributed by atoms with van der Waals surface area (Å²) in [7, 11) is -3.37. The van der Waals surface area contributed by atoms with Crippen LogP contribution in [0.2, 0.25) is 0 Å². The maximum atomic E-state index is 12.5. The smallest absolute Gasteiger partial charge is 0.409 e. The molecule has 1 saturated heterocycles. The van der Waals surface area contributed by atoms with E-state index in [0.717, 1.165) is 12.8 Å². The third-order valence-corrected chi connectivity index (χ3v) is 8.33. The van der Waals surface area contributed by atoms with E-state index < -0.39 is 9.84 Å². The molecule has 0 bridgehead atoms. The Labute approximate surface area is 205 Å². The molecule has 2 aliphatic rings. The fraction of sp³-hybridized carbons (Fsp3) is 0.583. The highest BCUT2D eigenvalue weighted by Gasteiger charge is 2.38. The molecule has 1 amide bonds. The van der Waals surface area contributed by atoms with E-state index in [2.05, 4.69) is 21.9 Å². The normalized spacial score (nSPS) is 16.7. The van der Waals surface area contributed by atoms with Gasteiger partial charge in [-0.1, -0.05) is 13.3 Å². The second-order valence-electron chi connectivity index (χ2n) is 8.96. The van der Waals surface area contributed by atoms with Gasteiger partial charge in [0.05, 0.1) is 23.1 Å². The van der Waals surface area contributed by atoms with Crippen LogP contribution in [-0.2, 0) is 14.6 Å². The lowest BCUT2D eigenvalue weighted by molar-refractivity contribution is 0.0652. The number of hydrogen-bond donors (Lipinski definition) is 0. The van der Waals surface area contributed by atoms with Crippen LogP contribution in [-0.4, -0.2) is 65.4 Å². The highest BCUT2D eigenvalue weighted by Crippen LogP contribution is 2.35. The summed E-state index contributed by atoms with van der Waals surface area (Å²) in [5.74, 6) is 1.15. The van der Waals surface area contributed by atoms with Crippen molar-refractivity contribution >= 4 is 15.9 Å². The van der Waals surface area contributed by atoms with Gasteiger partial charge in [0.2, 0.25) is 11.8 Å². The van der Waals surface area contributed by atoms with Gasteiger partial charge in [-0.15, -0.1) is 0 Å². The van der Waals surface area contributed by atoms with E-state index >= 15 is 0 Å². The van der Waals surface area contributed by atoms with Crippen molar-refractivity contribution in [2.24, 2.45) is 0 Å². The van der Waals surface area contributed by atoms with Crippen LogP contribution in [0.5, 0.6) is 17.5 Å². The molecule has 0 atom stereocenters. The van der Waals surface area contributed by atoms with Gasteiger partial charge in [-0.25, -0.2) is 28.2 Å². The number of sulfone groups is 1. The van der Waals surface area contributed by atoms with Gasteiger partial charge >= 0.3 is 6.09 Å². The fourth-order valence-electron chi connectivity index (χ4n) is 3.79. The molecule has 1 saturated carbocycles. The van der Waals surface area contributed by atoms with Gasteiger partial charge in [0.25, 0.3) is 0 Å². The van der Waals surface area contributed by atoms with E-state index in [4.69, 9.17) is 14.2 Å². The molecule has 11 heteroatoms. The lowest BCUT2D eigenvalue weighted by Crippen LogP contribution is -2.42. The van der Waals surface area contributed by atoms with Crippen LogP contribution in [0, 0.1) is 13.8 Å². The monoisotopic (exact) mass is 504 g/mol. The molecule has 10 nitrogen and oxygen atoms in total. The first kappa shape index (κ1) is 25.2. The zero-order chi connectivity index (χ0) is 25.0. The first-order valence-electron chi connectivity index (χ1n) is 12.1. The lowest BCUT2D eigenvalue weighted by Gasteiger charge is -2.31. The average Bonchev–Trinajstić information content (AvgIpc) is 3.69. The molecule has 1 aliphatic carbocycles. The third-order valence-electron chi connectivity index (χ3n) is 6.17. The Kier molecular flexibility index (Phi) is 7.73. The number of piperidine rings is 1. The third kappa shape index (κ3) is 6.01. The molecule has 3 heterocycles. The van der Waals surface area contributed by atoms with Crippen molar-refractivity contribution in [2.45, 2.75) is 75.7 Å². The summed E-state index contributed by atoms with van der Waals surface area (Å²) in [6.45, 7) is 7.13. The zero-order valence-corrected chi connectivity index (χ0v) is 21.2. The Hall–Kier alpha value is -2.95. The van der Waals surface area contributed by atoms with Gasteiger partial charge in [-0.05, 0) is 45.2 Å². The number of aromatic nitrogens is 3. The van der Waals surface area contributed by atoms with Crippen LogP contribution in [0.3, 0.4) is 0 Å². The number of rotatable bonds is 9. The summed E-state index contributed by atoms with van der Waals surface area (Å²) in [6, 6.07) is 3.08. The Morgan fingerprint density at radius 2 is 1.80 bits per heavy atom. The fourth-order valence-corrected chi connectivity index (χ4v) is 5.41. The first-order valence-corrected chi connectivity index (χ1v) is 13.6. The lowest BCUT2D eigenvalue weighted by atomic mass is 10.1. The van der Waals surface area contributed by atoms with E-state index in [1.165, 1.54) is 12.4 Å². The van der Waals surface area contributed by atoms with Gasteiger partial charge in [-0.3, -0.25) is 0 Å². The minimum atomic E-state index is -3.37. The molecule has 0 aromatic carbocycles. The highest BCUT2D eigenvalue weighted by molar-refractivity contribution is 7.92. The Bertz CT molecular complexity index is 1160. The summed E-state index contributed by atoms with van der Waals surface area (Å²) in [4.78, 5) is 26.6. The number of unbranched alkanes of at least 4 members (excludes halogenated alkanes) is 1. The van der Waals surface area contributed by atoms with Crippen molar-refractivity contribution < 1.29 is 27.4 Å². The molecule has 2 fully saturated rings. The summed E-state index contributed by atoms with van der Waals surface area (Å²) in [6.07, 6.45) is 5.56. The summed E-state index contributed by atoms with van der Waals surface area (Å²) >= 11 is 0. The number of nitrogens with zero attached hydrogens (tertiary/aromatic N) is 4. The number of likely N-dealkylation sites (tertiary alicyclic amines) is 1. The number of carbonyl (C=O) groups excluding carboxylic acids is 1. The van der Waals surface area contributed by atoms with E-state index in [9.17, 15) is 13.2 Å². The second kappa shape index (κ2) is 10.8. The largest absolute Gasteiger partial charge is 0.474 e. The quantitative estimate of drug-likeness (QED) is 0.467. The minimum Gasteiger partial charge on any atom is -0.474 e. The van der Waals surface area contributed by atoms with E-state index in [0.29, 0.717) is 74.1 Å². The predicted molar refractivity (Wildman–Crippen MR) is 128 cm³/mol. The maximum absolute atomic E-state index is 12.5. The van der Waals surface area contributed by atoms with Crippen molar-refractivity contribution in [3.63, 3.8) is 0 Å². The predicted octanol–water partition coefficient (Wildman–Crippen LogP) is 4.00. The molecule has 0 N–H and O–H groups in total. The minimum absolute atomic E-state index is 0.0777. The average molecular weight is 505 g/mol. The van der Waals surface area contributed by atoms with Crippen LogP contribution in [0.15, 0.2) is 23.5 Å². The van der Waals surface area contributed by atoms with Crippen molar-refractivity contribution in [1.29, 1.82) is 0 Å². The van der Waals surface area contributed by atoms with E-state index in [-0.39, 0.29) is 22.5 Å². The van der Waals surface area contributed by atoms with Crippen LogP contribution in [0.25, 0.3) is 0 Å². The van der Waals surface area contributed by atoms with Crippen LogP contribution in [0.4, 0.5) is 4.79 Å². The highest BCUT2D eigenvalue weighted by atomic mass is 32.2. The molecule has 4 rings (SSSR count). The molecule has 0 spiro atoms. The first-order chi connectivity index (χ1) is 16.8. The molecule has 35 heavy (non-hydrogen) atoms. The summed E-state index contributed by atoms with van der Waals surface area (Å²) < 4.78 is 42.3. The summed E-state index contributed by atoms with van der Waals surface area (Å²) in [5.41, 5.74) is 1.09. The van der Waals surface area contributed by atoms with E-state index in [1.54, 1.807) is 24.8 Å². The number of amides is 1. The van der Waals surface area contributed by atoms with Crippen molar-refractivity contribution in [1.82, 2.24) is 19.9 Å². The van der Waals surface area contributed by atoms with E-state index in [1.807, 2.05) is 0 Å². The molecular formula is C24H32N4O6S. The van der Waals surface area contributed by atoms with Crippen molar-refractivity contribution in [3.8, 4) is 17.5 Å². The molecule has 2 aromatic heterocycles. The molecule has 0 unspecified atom stereocenters. The number of pyridine rings is 1. The number of ether oxygens (including phenoxy) is 3. The molecule has 0 radical (unpaired) electrons. The molecular weight excluding hydrogens is 472 g/mol. The van der Waals surface area contributed by atoms with Gasteiger partial charge < -0.3 is 19.1 Å². The van der Waals surface area contributed by atoms with Crippen LogP contribution >= 0.6 is 0 Å². The SMILES string of the molecule is CCCCOC(=O)N1CCC(Oc2ncnc(Oc3ccc(S(=O)(=O)C4CC4)nc3C)c2C)CC1. The maximum Gasteiger partial charge on any atom is 0.409 e. The van der Waals surface area contributed by atoms with Gasteiger partial charge in [0.15, 0.2) is 20.6 Å². The molecule has 1 aliphatic heterocycles. The van der Waals surface area contributed by atoms with Crippen molar-refractivity contribution in [3.05, 3.63) is 29.7 Å². The standard InChI is InChI=1S/C24H32N4O6S/c1-4-5-14-32-24(29)28-12-10-18(11-13-28)33-22-16(2)23(26-15-25-22)34-20-8-9-21(27-17(20)3)35(30,31)19-6-7-19/h8-9,15,18-19H,4-7,10-14H2,1-3H3. The topological polar surface area (TPSA) is 121 Å². The number of aryl methyl sites for hydroxylation is 1. The number of carbonyl (C=O) groups is 1. The summed E-state index contributed by atoms with van der Waals surface area (Å²) in [5, 5.41) is -0.238. The second-order valence-corrected chi connectivity index (χ2v) is 11.1. The number of hydrogen-bond acceptors (Lipinski definition) is 9. The van der Waals surface area contributed by atoms with Gasteiger partial charge in [-0.2, -0.15) is 0 Å². The molecule has 2 aromatic rings. The van der Waals surface area contributed by atoms with Crippen molar-refractivity contribution in [2.75, 3.05) is 19.7 Å².